The predicted molar refractivity (Wildman–Crippen MR) is 86.1 cm³/mol. The average Bonchev–Trinajstić information content (AvgIpc) is 2.94. The molecule has 2 aromatic heterocycles. The van der Waals surface area contributed by atoms with Crippen LogP contribution in [-0.4, -0.2) is 38.8 Å². The first-order chi connectivity index (χ1) is 9.63. The summed E-state index contributed by atoms with van der Waals surface area (Å²) in [7, 11) is 1.96. The maximum atomic E-state index is 6.11. The zero-order valence-corrected chi connectivity index (χ0v) is 13.3. The van der Waals surface area contributed by atoms with E-state index in [0.717, 1.165) is 30.9 Å². The SMILES string of the molecule is CC1CN(Cc2cn(C)nc2-c2ccncc2)CC1N.Cl. The first-order valence-corrected chi connectivity index (χ1v) is 7.04. The number of nitrogens with two attached hydrogens (primary N) is 1. The van der Waals surface area contributed by atoms with Gasteiger partial charge in [0.15, 0.2) is 0 Å². The van der Waals surface area contributed by atoms with Gasteiger partial charge in [0, 0.05) is 62.4 Å². The molecule has 2 N–H and O–H groups in total. The van der Waals surface area contributed by atoms with Gasteiger partial charge in [-0.15, -0.1) is 12.4 Å². The van der Waals surface area contributed by atoms with Crippen molar-refractivity contribution in [2.75, 3.05) is 13.1 Å². The fourth-order valence-corrected chi connectivity index (χ4v) is 2.87. The number of rotatable bonds is 3. The van der Waals surface area contributed by atoms with Crippen LogP contribution < -0.4 is 5.73 Å². The van der Waals surface area contributed by atoms with Crippen molar-refractivity contribution in [3.8, 4) is 11.3 Å². The van der Waals surface area contributed by atoms with Crippen LogP contribution in [0.15, 0.2) is 30.7 Å². The van der Waals surface area contributed by atoms with Gasteiger partial charge in [-0.3, -0.25) is 14.6 Å². The van der Waals surface area contributed by atoms with Gasteiger partial charge in [0.1, 0.15) is 0 Å². The van der Waals surface area contributed by atoms with E-state index >= 15 is 0 Å². The number of nitrogens with zero attached hydrogens (tertiary/aromatic N) is 4. The van der Waals surface area contributed by atoms with Crippen molar-refractivity contribution in [3.05, 3.63) is 36.3 Å². The van der Waals surface area contributed by atoms with Crippen molar-refractivity contribution < 1.29 is 0 Å². The first kappa shape index (κ1) is 15.9. The van der Waals surface area contributed by atoms with E-state index in [1.807, 2.05) is 36.3 Å². The maximum Gasteiger partial charge on any atom is 0.0969 e. The van der Waals surface area contributed by atoms with Gasteiger partial charge >= 0.3 is 0 Å². The summed E-state index contributed by atoms with van der Waals surface area (Å²) in [4.78, 5) is 6.48. The van der Waals surface area contributed by atoms with Crippen LogP contribution in [0.25, 0.3) is 11.3 Å². The quantitative estimate of drug-likeness (QED) is 0.937. The minimum atomic E-state index is 0. The Bertz CT molecular complexity index is 573. The Morgan fingerprint density at radius 3 is 2.62 bits per heavy atom. The van der Waals surface area contributed by atoms with Gasteiger partial charge in [-0.05, 0) is 18.1 Å². The van der Waals surface area contributed by atoms with E-state index in [1.54, 1.807) is 0 Å². The van der Waals surface area contributed by atoms with E-state index in [4.69, 9.17) is 5.73 Å². The molecule has 0 bridgehead atoms. The smallest absolute Gasteiger partial charge is 0.0969 e. The highest BCUT2D eigenvalue weighted by Crippen LogP contribution is 2.24. The van der Waals surface area contributed by atoms with Crippen LogP contribution in [0.5, 0.6) is 0 Å². The Morgan fingerprint density at radius 2 is 2.00 bits per heavy atom. The number of halogens is 1. The molecule has 2 atom stereocenters. The molecule has 1 aliphatic heterocycles. The first-order valence-electron chi connectivity index (χ1n) is 7.04. The highest BCUT2D eigenvalue weighted by molar-refractivity contribution is 5.85. The molecular formula is C15H22ClN5. The van der Waals surface area contributed by atoms with Crippen LogP contribution in [0.4, 0.5) is 0 Å². The third-order valence-corrected chi connectivity index (χ3v) is 4.00. The maximum absolute atomic E-state index is 6.11. The van der Waals surface area contributed by atoms with Crippen LogP contribution >= 0.6 is 12.4 Å². The highest BCUT2D eigenvalue weighted by Gasteiger charge is 2.27. The Labute approximate surface area is 131 Å². The molecule has 21 heavy (non-hydrogen) atoms. The summed E-state index contributed by atoms with van der Waals surface area (Å²) in [5.41, 5.74) is 9.52. The molecule has 0 spiro atoms. The summed E-state index contributed by atoms with van der Waals surface area (Å²) in [6, 6.07) is 4.30. The lowest BCUT2D eigenvalue weighted by molar-refractivity contribution is 0.319. The van der Waals surface area contributed by atoms with Gasteiger partial charge in [-0.2, -0.15) is 5.10 Å². The molecule has 1 saturated heterocycles. The summed E-state index contributed by atoms with van der Waals surface area (Å²) in [5.74, 6) is 0.566. The molecule has 0 aromatic carbocycles. The standard InChI is InChI=1S/C15H21N5.ClH/c1-11-7-20(10-14(11)16)9-13-8-19(2)18-15(13)12-3-5-17-6-4-12;/h3-6,8,11,14H,7,9-10,16H2,1-2H3;1H. The van der Waals surface area contributed by atoms with Gasteiger partial charge in [-0.1, -0.05) is 6.92 Å². The Kier molecular flexibility index (Phi) is 4.98. The van der Waals surface area contributed by atoms with Crippen molar-refractivity contribution in [1.82, 2.24) is 19.7 Å². The van der Waals surface area contributed by atoms with Gasteiger partial charge in [-0.25, -0.2) is 0 Å². The molecular weight excluding hydrogens is 286 g/mol. The Hall–Kier alpha value is -1.43. The lowest BCUT2D eigenvalue weighted by atomic mass is 10.1. The number of hydrogen-bond donors (Lipinski definition) is 1. The molecule has 1 aliphatic rings. The summed E-state index contributed by atoms with van der Waals surface area (Å²) in [6.07, 6.45) is 5.72. The van der Waals surface area contributed by atoms with E-state index in [1.165, 1.54) is 5.56 Å². The summed E-state index contributed by atoms with van der Waals surface area (Å²) >= 11 is 0. The lowest BCUT2D eigenvalue weighted by Crippen LogP contribution is -2.28. The average molecular weight is 308 g/mol. The van der Waals surface area contributed by atoms with Gasteiger partial charge < -0.3 is 5.73 Å². The van der Waals surface area contributed by atoms with Crippen molar-refractivity contribution in [3.63, 3.8) is 0 Å². The van der Waals surface area contributed by atoms with E-state index in [0.29, 0.717) is 5.92 Å². The second kappa shape index (κ2) is 6.56. The fourth-order valence-electron chi connectivity index (χ4n) is 2.87. The molecule has 2 aromatic rings. The predicted octanol–water partition coefficient (Wildman–Crippen LogP) is 1.68. The number of aryl methyl sites for hydroxylation is 1. The third kappa shape index (κ3) is 3.43. The molecule has 0 aliphatic carbocycles. The molecule has 2 unspecified atom stereocenters. The number of aromatic nitrogens is 3. The van der Waals surface area contributed by atoms with Gasteiger partial charge in [0.2, 0.25) is 0 Å². The minimum absolute atomic E-state index is 0. The van der Waals surface area contributed by atoms with Gasteiger partial charge in [0.25, 0.3) is 0 Å². The minimum Gasteiger partial charge on any atom is -0.326 e. The third-order valence-electron chi connectivity index (χ3n) is 4.00. The normalized spacial score (nSPS) is 22.2. The molecule has 6 heteroatoms. The number of likely N-dealkylation sites (tertiary alicyclic amines) is 1. The number of pyridine rings is 1. The molecule has 0 amide bonds. The number of hydrogen-bond acceptors (Lipinski definition) is 4. The molecule has 1 fully saturated rings. The zero-order valence-electron chi connectivity index (χ0n) is 12.4. The van der Waals surface area contributed by atoms with E-state index in [2.05, 4.69) is 28.1 Å². The zero-order chi connectivity index (χ0) is 14.1. The van der Waals surface area contributed by atoms with Crippen molar-refractivity contribution >= 4 is 12.4 Å². The van der Waals surface area contributed by atoms with Crippen LogP contribution in [0.3, 0.4) is 0 Å². The molecule has 0 radical (unpaired) electrons. The van der Waals surface area contributed by atoms with Crippen LogP contribution in [0.2, 0.25) is 0 Å². The molecule has 114 valence electrons. The topological polar surface area (TPSA) is 60.0 Å². The van der Waals surface area contributed by atoms with Crippen molar-refractivity contribution in [2.45, 2.75) is 19.5 Å². The second-order valence-electron chi connectivity index (χ2n) is 5.75. The van der Waals surface area contributed by atoms with Crippen LogP contribution in [0.1, 0.15) is 12.5 Å². The highest BCUT2D eigenvalue weighted by atomic mass is 35.5. The van der Waals surface area contributed by atoms with Crippen LogP contribution in [0, 0.1) is 5.92 Å². The van der Waals surface area contributed by atoms with E-state index in [-0.39, 0.29) is 18.4 Å². The molecule has 0 saturated carbocycles. The monoisotopic (exact) mass is 307 g/mol. The second-order valence-corrected chi connectivity index (χ2v) is 5.75. The van der Waals surface area contributed by atoms with E-state index < -0.39 is 0 Å². The fraction of sp³-hybridized carbons (Fsp3) is 0.467. The summed E-state index contributed by atoms with van der Waals surface area (Å²) in [5, 5.41) is 4.59. The lowest BCUT2D eigenvalue weighted by Gasteiger charge is -2.14. The summed E-state index contributed by atoms with van der Waals surface area (Å²) < 4.78 is 1.88. The molecule has 3 heterocycles. The molecule has 5 nitrogen and oxygen atoms in total. The Balaban J connectivity index is 0.00000161. The Morgan fingerprint density at radius 1 is 1.29 bits per heavy atom. The summed E-state index contributed by atoms with van der Waals surface area (Å²) in [6.45, 7) is 5.15. The van der Waals surface area contributed by atoms with E-state index in [9.17, 15) is 0 Å². The van der Waals surface area contributed by atoms with Crippen molar-refractivity contribution in [2.24, 2.45) is 18.7 Å². The largest absolute Gasteiger partial charge is 0.326 e. The van der Waals surface area contributed by atoms with Gasteiger partial charge in [0.05, 0.1) is 5.69 Å². The van der Waals surface area contributed by atoms with Crippen LogP contribution in [-0.2, 0) is 13.6 Å². The van der Waals surface area contributed by atoms with Crippen molar-refractivity contribution in [1.29, 1.82) is 0 Å². The molecule has 3 rings (SSSR count).